The minimum absolute atomic E-state index is 0.0257. The molecule has 0 spiro atoms. The molecule has 0 saturated carbocycles. The average molecular weight is 328 g/mol. The third-order valence-electron chi connectivity index (χ3n) is 5.02. The standard InChI is InChI=1S/C18H21FN4O/c19-14-3-1-12(2-4-14)9-13-6-8-23(11-13)18(24)17-15-10-20-7-5-16(15)21-22-17/h1-4,13,20H,5-11H2,(H,21,22). The van der Waals surface area contributed by atoms with Crippen LogP contribution in [0.2, 0.25) is 0 Å². The lowest BCUT2D eigenvalue weighted by Crippen LogP contribution is -2.31. The molecule has 3 heterocycles. The van der Waals surface area contributed by atoms with Crippen molar-refractivity contribution in [2.24, 2.45) is 5.92 Å². The summed E-state index contributed by atoms with van der Waals surface area (Å²) in [6.45, 7) is 3.14. The zero-order chi connectivity index (χ0) is 16.5. The van der Waals surface area contributed by atoms with Crippen LogP contribution in [0.5, 0.6) is 0 Å². The molecule has 1 atom stereocenters. The number of aromatic amines is 1. The summed E-state index contributed by atoms with van der Waals surface area (Å²) in [7, 11) is 0. The molecule has 1 unspecified atom stereocenters. The number of carbonyl (C=O) groups is 1. The molecule has 24 heavy (non-hydrogen) atoms. The lowest BCUT2D eigenvalue weighted by molar-refractivity contribution is 0.0780. The number of aromatic nitrogens is 2. The molecule has 6 heteroatoms. The minimum atomic E-state index is -0.209. The fourth-order valence-electron chi connectivity index (χ4n) is 3.69. The molecular formula is C18H21FN4O. The Bertz CT molecular complexity index is 740. The maximum atomic E-state index is 13.0. The number of nitrogens with one attached hydrogen (secondary N) is 2. The highest BCUT2D eigenvalue weighted by atomic mass is 19.1. The average Bonchev–Trinajstić information content (AvgIpc) is 3.23. The Morgan fingerprint density at radius 3 is 3.00 bits per heavy atom. The third kappa shape index (κ3) is 2.94. The van der Waals surface area contributed by atoms with Crippen LogP contribution < -0.4 is 5.32 Å². The van der Waals surface area contributed by atoms with E-state index < -0.39 is 0 Å². The molecule has 2 aliphatic rings. The van der Waals surface area contributed by atoms with E-state index in [1.807, 2.05) is 17.0 Å². The molecule has 5 nitrogen and oxygen atoms in total. The normalized spacial score (nSPS) is 20.2. The molecule has 2 aliphatic heterocycles. The molecule has 1 saturated heterocycles. The number of halogens is 1. The maximum absolute atomic E-state index is 13.0. The van der Waals surface area contributed by atoms with Gasteiger partial charge < -0.3 is 10.2 Å². The second-order valence-corrected chi connectivity index (χ2v) is 6.69. The highest BCUT2D eigenvalue weighted by Gasteiger charge is 2.31. The van der Waals surface area contributed by atoms with Crippen molar-refractivity contribution in [3.8, 4) is 0 Å². The first-order valence-corrected chi connectivity index (χ1v) is 8.51. The molecule has 4 rings (SSSR count). The number of likely N-dealkylation sites (tertiary alicyclic amines) is 1. The molecule has 1 aromatic carbocycles. The Morgan fingerprint density at radius 2 is 2.17 bits per heavy atom. The lowest BCUT2D eigenvalue weighted by atomic mass is 9.99. The van der Waals surface area contributed by atoms with Crippen LogP contribution in [0.4, 0.5) is 4.39 Å². The first kappa shape index (κ1) is 15.3. The van der Waals surface area contributed by atoms with Crippen molar-refractivity contribution in [2.45, 2.75) is 25.8 Å². The summed E-state index contributed by atoms with van der Waals surface area (Å²) < 4.78 is 13.0. The van der Waals surface area contributed by atoms with Gasteiger partial charge in [-0.3, -0.25) is 9.89 Å². The van der Waals surface area contributed by atoms with Gasteiger partial charge in [0.15, 0.2) is 5.69 Å². The van der Waals surface area contributed by atoms with Gasteiger partial charge in [0, 0.05) is 43.9 Å². The molecule has 1 fully saturated rings. The van der Waals surface area contributed by atoms with Gasteiger partial charge in [-0.15, -0.1) is 0 Å². The first-order chi connectivity index (χ1) is 11.7. The molecule has 1 aromatic heterocycles. The Kier molecular flexibility index (Phi) is 4.06. The zero-order valence-corrected chi connectivity index (χ0v) is 13.5. The number of hydrogen-bond acceptors (Lipinski definition) is 3. The van der Waals surface area contributed by atoms with E-state index in [9.17, 15) is 9.18 Å². The zero-order valence-electron chi connectivity index (χ0n) is 13.5. The molecule has 0 radical (unpaired) electrons. The van der Waals surface area contributed by atoms with Crippen molar-refractivity contribution in [3.63, 3.8) is 0 Å². The van der Waals surface area contributed by atoms with Gasteiger partial charge >= 0.3 is 0 Å². The molecular weight excluding hydrogens is 307 g/mol. The fraction of sp³-hybridized carbons (Fsp3) is 0.444. The van der Waals surface area contributed by atoms with E-state index in [0.29, 0.717) is 18.2 Å². The van der Waals surface area contributed by atoms with E-state index in [1.165, 1.54) is 12.1 Å². The number of H-pyrrole nitrogens is 1. The van der Waals surface area contributed by atoms with Crippen LogP contribution in [0.3, 0.4) is 0 Å². The van der Waals surface area contributed by atoms with Crippen molar-refractivity contribution in [2.75, 3.05) is 19.6 Å². The number of benzene rings is 1. The third-order valence-corrected chi connectivity index (χ3v) is 5.02. The van der Waals surface area contributed by atoms with Crippen LogP contribution in [-0.4, -0.2) is 40.6 Å². The minimum Gasteiger partial charge on any atom is -0.337 e. The molecule has 0 bridgehead atoms. The van der Waals surface area contributed by atoms with E-state index >= 15 is 0 Å². The van der Waals surface area contributed by atoms with Crippen molar-refractivity contribution in [3.05, 3.63) is 52.6 Å². The second-order valence-electron chi connectivity index (χ2n) is 6.69. The topological polar surface area (TPSA) is 61.0 Å². The predicted octanol–water partition coefficient (Wildman–Crippen LogP) is 1.90. The summed E-state index contributed by atoms with van der Waals surface area (Å²) in [5.74, 6) is 0.240. The molecule has 2 aromatic rings. The number of carbonyl (C=O) groups excluding carboxylic acids is 1. The number of fused-ring (bicyclic) bond motifs is 1. The smallest absolute Gasteiger partial charge is 0.274 e. The lowest BCUT2D eigenvalue weighted by Gasteiger charge is -2.18. The van der Waals surface area contributed by atoms with Gasteiger partial charge in [-0.05, 0) is 36.5 Å². The molecule has 2 N–H and O–H groups in total. The summed E-state index contributed by atoms with van der Waals surface area (Å²) in [6.07, 6.45) is 2.75. The maximum Gasteiger partial charge on any atom is 0.274 e. The Balaban J connectivity index is 1.42. The Morgan fingerprint density at radius 1 is 1.33 bits per heavy atom. The van der Waals surface area contributed by atoms with Gasteiger partial charge in [-0.1, -0.05) is 12.1 Å². The molecule has 126 valence electrons. The monoisotopic (exact) mass is 328 g/mol. The van der Waals surface area contributed by atoms with E-state index in [-0.39, 0.29) is 11.7 Å². The van der Waals surface area contributed by atoms with Crippen LogP contribution in [0.15, 0.2) is 24.3 Å². The number of nitrogens with zero attached hydrogens (tertiary/aromatic N) is 2. The number of hydrogen-bond donors (Lipinski definition) is 2. The van der Waals surface area contributed by atoms with Gasteiger partial charge in [0.05, 0.1) is 0 Å². The molecule has 0 aliphatic carbocycles. The summed E-state index contributed by atoms with van der Waals surface area (Å²) in [5.41, 5.74) is 3.80. The Labute approximate surface area is 140 Å². The van der Waals surface area contributed by atoms with Crippen molar-refractivity contribution in [1.82, 2.24) is 20.4 Å². The Hall–Kier alpha value is -2.21. The quantitative estimate of drug-likeness (QED) is 0.905. The fourth-order valence-corrected chi connectivity index (χ4v) is 3.69. The van der Waals surface area contributed by atoms with Crippen molar-refractivity contribution >= 4 is 5.91 Å². The number of rotatable bonds is 3. The van der Waals surface area contributed by atoms with Gasteiger partial charge in [0.1, 0.15) is 5.82 Å². The van der Waals surface area contributed by atoms with Gasteiger partial charge in [-0.25, -0.2) is 4.39 Å². The summed E-state index contributed by atoms with van der Waals surface area (Å²) in [6, 6.07) is 6.65. The van der Waals surface area contributed by atoms with Crippen LogP contribution in [0, 0.1) is 11.7 Å². The van der Waals surface area contributed by atoms with E-state index in [0.717, 1.165) is 55.7 Å². The van der Waals surface area contributed by atoms with Crippen molar-refractivity contribution in [1.29, 1.82) is 0 Å². The summed E-state index contributed by atoms with van der Waals surface area (Å²) in [4.78, 5) is 14.7. The van der Waals surface area contributed by atoms with E-state index in [2.05, 4.69) is 15.5 Å². The second kappa shape index (κ2) is 6.36. The highest BCUT2D eigenvalue weighted by molar-refractivity contribution is 5.94. The first-order valence-electron chi connectivity index (χ1n) is 8.51. The summed E-state index contributed by atoms with van der Waals surface area (Å²) >= 11 is 0. The molecule has 1 amide bonds. The summed E-state index contributed by atoms with van der Waals surface area (Å²) in [5, 5.41) is 10.6. The van der Waals surface area contributed by atoms with E-state index in [4.69, 9.17) is 0 Å². The predicted molar refractivity (Wildman–Crippen MR) is 88.1 cm³/mol. The van der Waals surface area contributed by atoms with Gasteiger partial charge in [0.2, 0.25) is 0 Å². The van der Waals surface area contributed by atoms with Gasteiger partial charge in [0.25, 0.3) is 5.91 Å². The largest absolute Gasteiger partial charge is 0.337 e. The number of amides is 1. The van der Waals surface area contributed by atoms with E-state index in [1.54, 1.807) is 0 Å². The van der Waals surface area contributed by atoms with Crippen LogP contribution in [0.1, 0.15) is 33.7 Å². The van der Waals surface area contributed by atoms with Crippen LogP contribution >= 0.6 is 0 Å². The van der Waals surface area contributed by atoms with Crippen LogP contribution in [-0.2, 0) is 19.4 Å². The van der Waals surface area contributed by atoms with Crippen LogP contribution in [0.25, 0.3) is 0 Å². The highest BCUT2D eigenvalue weighted by Crippen LogP contribution is 2.24. The van der Waals surface area contributed by atoms with Gasteiger partial charge in [-0.2, -0.15) is 5.10 Å². The van der Waals surface area contributed by atoms with Crippen molar-refractivity contribution < 1.29 is 9.18 Å². The SMILES string of the molecule is O=C(c1n[nH]c2c1CNCC2)N1CCC(Cc2ccc(F)cc2)C1.